The van der Waals surface area contributed by atoms with E-state index in [-0.39, 0.29) is 10.5 Å². The number of fused-ring (bicyclic) bond motifs is 1. The molecule has 0 atom stereocenters. The first-order valence-electron chi connectivity index (χ1n) is 9.42. The van der Waals surface area contributed by atoms with E-state index < -0.39 is 16.0 Å². The van der Waals surface area contributed by atoms with E-state index in [2.05, 4.69) is 20.0 Å². The van der Waals surface area contributed by atoms with E-state index in [1.165, 1.54) is 23.8 Å². The van der Waals surface area contributed by atoms with Crippen LogP contribution in [0.2, 0.25) is 0 Å². The molecule has 0 N–H and O–H groups in total. The highest BCUT2D eigenvalue weighted by Gasteiger charge is 2.31. The van der Waals surface area contributed by atoms with Crippen molar-refractivity contribution in [3.63, 3.8) is 0 Å². The summed E-state index contributed by atoms with van der Waals surface area (Å²) in [5, 5.41) is 4.22. The Balaban J connectivity index is 1.58. The van der Waals surface area contributed by atoms with Gasteiger partial charge in [-0.05, 0) is 31.5 Å². The number of sulfonamides is 1. The van der Waals surface area contributed by atoms with E-state index in [1.807, 2.05) is 13.0 Å². The molecule has 0 unspecified atom stereocenters. The lowest BCUT2D eigenvalue weighted by Crippen LogP contribution is -2.49. The molecule has 158 valence electrons. The van der Waals surface area contributed by atoms with Crippen LogP contribution >= 0.6 is 0 Å². The monoisotopic (exact) mass is 430 g/mol. The fourth-order valence-corrected chi connectivity index (χ4v) is 5.23. The van der Waals surface area contributed by atoms with E-state index in [1.54, 1.807) is 23.6 Å². The van der Waals surface area contributed by atoms with E-state index in [0.29, 0.717) is 37.5 Å². The average Bonchev–Trinajstić information content (AvgIpc) is 3.21. The quantitative estimate of drug-likeness (QED) is 0.565. The molecule has 1 fully saturated rings. The van der Waals surface area contributed by atoms with Crippen molar-refractivity contribution in [1.29, 1.82) is 0 Å². The van der Waals surface area contributed by atoms with Gasteiger partial charge in [0.25, 0.3) is 5.78 Å². The van der Waals surface area contributed by atoms with Gasteiger partial charge in [0, 0.05) is 37.9 Å². The van der Waals surface area contributed by atoms with Gasteiger partial charge in [-0.2, -0.15) is 18.9 Å². The van der Waals surface area contributed by atoms with Gasteiger partial charge in [-0.15, -0.1) is 0 Å². The number of rotatable bonds is 4. The second-order valence-electron chi connectivity index (χ2n) is 7.09. The lowest BCUT2D eigenvalue weighted by Gasteiger charge is -2.35. The highest BCUT2D eigenvalue weighted by molar-refractivity contribution is 7.89. The van der Waals surface area contributed by atoms with Gasteiger partial charge < -0.3 is 9.64 Å². The molecule has 30 heavy (non-hydrogen) atoms. The molecule has 0 amide bonds. The third-order valence-corrected chi connectivity index (χ3v) is 7.19. The topological polar surface area (TPSA) is 110 Å². The number of hydrogen-bond donors (Lipinski definition) is 0. The Kier molecular flexibility index (Phi) is 5.16. The summed E-state index contributed by atoms with van der Waals surface area (Å²) in [5.74, 6) is 0.771. The van der Waals surface area contributed by atoms with Crippen LogP contribution in [0.25, 0.3) is 5.78 Å². The Labute approximate surface area is 174 Å². The number of methoxy groups -OCH3 is 1. The van der Waals surface area contributed by atoms with Crippen molar-refractivity contribution in [3.8, 4) is 0 Å². The van der Waals surface area contributed by atoms with Gasteiger partial charge in [0.2, 0.25) is 10.0 Å². The zero-order valence-electron chi connectivity index (χ0n) is 16.9. The summed E-state index contributed by atoms with van der Waals surface area (Å²) in [5.41, 5.74) is 1.61. The van der Waals surface area contributed by atoms with Gasteiger partial charge in [-0.3, -0.25) is 0 Å². The molecule has 1 saturated heterocycles. The van der Waals surface area contributed by atoms with Gasteiger partial charge >= 0.3 is 5.97 Å². The van der Waals surface area contributed by atoms with E-state index >= 15 is 0 Å². The molecule has 4 rings (SSSR count). The first-order chi connectivity index (χ1) is 14.3. The fourth-order valence-electron chi connectivity index (χ4n) is 3.56. The molecule has 1 aromatic carbocycles. The van der Waals surface area contributed by atoms with Crippen LogP contribution in [0.5, 0.6) is 0 Å². The van der Waals surface area contributed by atoms with E-state index in [0.717, 1.165) is 11.5 Å². The summed E-state index contributed by atoms with van der Waals surface area (Å²) in [7, 11) is -2.48. The Morgan fingerprint density at radius 3 is 2.53 bits per heavy atom. The molecule has 3 aromatic rings. The van der Waals surface area contributed by atoms with Crippen LogP contribution in [0.3, 0.4) is 0 Å². The van der Waals surface area contributed by atoms with Crippen LogP contribution < -0.4 is 4.90 Å². The highest BCUT2D eigenvalue weighted by atomic mass is 32.2. The highest BCUT2D eigenvalue weighted by Crippen LogP contribution is 2.25. The summed E-state index contributed by atoms with van der Waals surface area (Å²) < 4.78 is 34.3. The number of hydrogen-bond acceptors (Lipinski definition) is 8. The molecule has 3 heterocycles. The number of anilines is 1. The molecular weight excluding hydrogens is 408 g/mol. The van der Waals surface area contributed by atoms with Crippen molar-refractivity contribution in [2.24, 2.45) is 0 Å². The van der Waals surface area contributed by atoms with Crippen LogP contribution in [0, 0.1) is 13.8 Å². The van der Waals surface area contributed by atoms with Gasteiger partial charge in [-0.1, -0.05) is 6.07 Å². The van der Waals surface area contributed by atoms with Gasteiger partial charge in [-0.25, -0.2) is 18.2 Å². The van der Waals surface area contributed by atoms with Crippen molar-refractivity contribution >= 4 is 27.6 Å². The van der Waals surface area contributed by atoms with Gasteiger partial charge in [0.05, 0.1) is 17.6 Å². The number of benzene rings is 1. The third-order valence-electron chi connectivity index (χ3n) is 5.15. The first kappa shape index (κ1) is 20.2. The number of carbonyl (C=O) groups excluding carboxylic acids is 1. The van der Waals surface area contributed by atoms with Gasteiger partial charge in [0.15, 0.2) is 0 Å². The number of carbonyl (C=O) groups is 1. The number of piperazine rings is 1. The SMILES string of the molecule is COC(=O)c1ccc(C)c(S(=O)(=O)N2CCN(c3cc(C)nc4ncnn34)CC2)c1. The molecule has 0 spiro atoms. The van der Waals surface area contributed by atoms with Crippen molar-refractivity contribution in [3.05, 3.63) is 47.4 Å². The summed E-state index contributed by atoms with van der Waals surface area (Å²) in [6, 6.07) is 6.48. The number of ether oxygens (including phenoxy) is 1. The van der Waals surface area contributed by atoms with Crippen molar-refractivity contribution in [2.75, 3.05) is 38.2 Å². The minimum absolute atomic E-state index is 0.122. The number of esters is 1. The molecule has 1 aliphatic heterocycles. The number of nitrogens with zero attached hydrogens (tertiary/aromatic N) is 6. The van der Waals surface area contributed by atoms with Crippen LogP contribution in [-0.2, 0) is 14.8 Å². The maximum absolute atomic E-state index is 13.3. The lowest BCUT2D eigenvalue weighted by atomic mass is 10.1. The minimum atomic E-state index is -3.75. The third kappa shape index (κ3) is 3.50. The molecule has 0 saturated carbocycles. The number of aryl methyl sites for hydroxylation is 2. The zero-order valence-corrected chi connectivity index (χ0v) is 17.8. The van der Waals surface area contributed by atoms with Crippen molar-refractivity contribution in [1.82, 2.24) is 23.9 Å². The Morgan fingerprint density at radius 2 is 1.83 bits per heavy atom. The van der Waals surface area contributed by atoms with Crippen LogP contribution in [0.4, 0.5) is 5.82 Å². The average molecular weight is 430 g/mol. The molecule has 2 aromatic heterocycles. The summed E-state index contributed by atoms with van der Waals surface area (Å²) in [6.45, 7) is 5.20. The van der Waals surface area contributed by atoms with Gasteiger partial charge in [0.1, 0.15) is 12.1 Å². The van der Waals surface area contributed by atoms with Crippen LogP contribution in [0.1, 0.15) is 21.6 Å². The Morgan fingerprint density at radius 1 is 1.10 bits per heavy atom. The van der Waals surface area contributed by atoms with Crippen molar-refractivity contribution < 1.29 is 17.9 Å². The standard InChI is InChI=1S/C19H22N6O4S/c1-13-4-5-15(18(26)29-3)11-16(13)30(27,28)24-8-6-23(7-9-24)17-10-14(2)22-19-20-12-21-25(17)19/h4-5,10-12H,6-9H2,1-3H3. The zero-order chi connectivity index (χ0) is 21.5. The number of aromatic nitrogens is 4. The van der Waals surface area contributed by atoms with Crippen LogP contribution in [0.15, 0.2) is 35.5 Å². The molecule has 10 nitrogen and oxygen atoms in total. The molecule has 0 aliphatic carbocycles. The summed E-state index contributed by atoms with van der Waals surface area (Å²) in [6.07, 6.45) is 1.45. The maximum atomic E-state index is 13.3. The lowest BCUT2D eigenvalue weighted by molar-refractivity contribution is 0.0600. The first-order valence-corrected chi connectivity index (χ1v) is 10.9. The summed E-state index contributed by atoms with van der Waals surface area (Å²) >= 11 is 0. The minimum Gasteiger partial charge on any atom is -0.465 e. The van der Waals surface area contributed by atoms with Crippen LogP contribution in [-0.4, -0.2) is 71.6 Å². The van der Waals surface area contributed by atoms with E-state index in [9.17, 15) is 13.2 Å². The molecular formula is C19H22N6O4S. The predicted octanol–water partition coefficient (Wildman–Crippen LogP) is 1.04. The molecule has 11 heteroatoms. The second-order valence-corrected chi connectivity index (χ2v) is 9.00. The Hall–Kier alpha value is -3.05. The Bertz CT molecular complexity index is 1210. The van der Waals surface area contributed by atoms with E-state index in [4.69, 9.17) is 4.74 Å². The van der Waals surface area contributed by atoms with Crippen molar-refractivity contribution in [2.45, 2.75) is 18.7 Å². The molecule has 0 bridgehead atoms. The maximum Gasteiger partial charge on any atom is 0.337 e. The summed E-state index contributed by atoms with van der Waals surface area (Å²) in [4.78, 5) is 22.5. The predicted molar refractivity (Wildman–Crippen MR) is 109 cm³/mol. The fraction of sp³-hybridized carbons (Fsp3) is 0.368. The molecule has 0 radical (unpaired) electrons. The second kappa shape index (κ2) is 7.65. The normalized spacial score (nSPS) is 15.5. The smallest absolute Gasteiger partial charge is 0.337 e. The molecule has 1 aliphatic rings. The largest absolute Gasteiger partial charge is 0.465 e.